The molecule has 2 amide bonds. The lowest BCUT2D eigenvalue weighted by Gasteiger charge is -2.25. The maximum absolute atomic E-state index is 12.4. The lowest BCUT2D eigenvalue weighted by atomic mass is 10.2. The Bertz CT molecular complexity index is 673. The Morgan fingerprint density at radius 3 is 2.35 bits per heavy atom. The topological polar surface area (TPSA) is 74.8 Å². The van der Waals surface area contributed by atoms with Crippen LogP contribution in [-0.4, -0.2) is 56.3 Å². The van der Waals surface area contributed by atoms with Gasteiger partial charge in [0.15, 0.2) is 9.84 Å². The zero-order valence-electron chi connectivity index (χ0n) is 13.4. The van der Waals surface area contributed by atoms with Gasteiger partial charge in [-0.25, -0.2) is 8.42 Å². The number of para-hydroxylation sites is 1. The third kappa shape index (κ3) is 4.31. The first-order valence-corrected chi connectivity index (χ1v) is 9.47. The third-order valence-corrected chi connectivity index (χ3v) is 5.89. The molecular weight excluding hydrogens is 316 g/mol. The van der Waals surface area contributed by atoms with Gasteiger partial charge >= 0.3 is 0 Å². The van der Waals surface area contributed by atoms with Crippen molar-refractivity contribution < 1.29 is 18.0 Å². The predicted octanol–water partition coefficient (Wildman–Crippen LogP) is 1.08. The average molecular weight is 338 g/mol. The number of carbonyl (C=O) groups is 2. The van der Waals surface area contributed by atoms with E-state index in [2.05, 4.69) is 0 Å². The van der Waals surface area contributed by atoms with Crippen LogP contribution < -0.4 is 4.90 Å². The minimum Gasteiger partial charge on any atom is -0.341 e. The van der Waals surface area contributed by atoms with Gasteiger partial charge in [-0.1, -0.05) is 18.2 Å². The molecule has 1 atom stereocenters. The van der Waals surface area contributed by atoms with Crippen molar-refractivity contribution in [3.8, 4) is 0 Å². The van der Waals surface area contributed by atoms with Crippen LogP contribution in [0.4, 0.5) is 5.69 Å². The van der Waals surface area contributed by atoms with Gasteiger partial charge in [0.05, 0.1) is 11.5 Å². The highest BCUT2D eigenvalue weighted by molar-refractivity contribution is 7.91. The Labute approximate surface area is 137 Å². The van der Waals surface area contributed by atoms with Gasteiger partial charge in [0.1, 0.15) is 6.42 Å². The molecule has 0 bridgehead atoms. The molecule has 6 nitrogen and oxygen atoms in total. The Balaban J connectivity index is 2.00. The molecule has 1 fully saturated rings. The van der Waals surface area contributed by atoms with Gasteiger partial charge in [-0.15, -0.1) is 0 Å². The second kappa shape index (κ2) is 7.12. The Hall–Kier alpha value is -1.89. The van der Waals surface area contributed by atoms with Crippen LogP contribution >= 0.6 is 0 Å². The number of anilines is 1. The van der Waals surface area contributed by atoms with Gasteiger partial charge in [0.2, 0.25) is 11.8 Å². The van der Waals surface area contributed by atoms with Crippen LogP contribution in [0.15, 0.2) is 30.3 Å². The maximum Gasteiger partial charge on any atom is 0.236 e. The van der Waals surface area contributed by atoms with Crippen LogP contribution in [0.3, 0.4) is 0 Å². The molecular formula is C16H22N2O4S. The molecule has 0 N–H and O–H groups in total. The first kappa shape index (κ1) is 17.5. The van der Waals surface area contributed by atoms with Crippen molar-refractivity contribution in [2.24, 2.45) is 0 Å². The van der Waals surface area contributed by atoms with E-state index in [0.29, 0.717) is 13.0 Å². The van der Waals surface area contributed by atoms with Crippen LogP contribution in [0.5, 0.6) is 0 Å². The molecule has 126 valence electrons. The SMILES string of the molecule is CCN(C(=O)CC(=O)N(C)C1CCS(=O)(=O)C1)c1ccccc1. The normalized spacial score (nSPS) is 19.3. The van der Waals surface area contributed by atoms with Gasteiger partial charge in [-0.05, 0) is 25.5 Å². The van der Waals surface area contributed by atoms with Crippen molar-refractivity contribution in [3.05, 3.63) is 30.3 Å². The minimum absolute atomic E-state index is 0.0143. The van der Waals surface area contributed by atoms with Gasteiger partial charge in [-0.2, -0.15) is 0 Å². The average Bonchev–Trinajstić information content (AvgIpc) is 2.88. The van der Waals surface area contributed by atoms with Crippen LogP contribution in [-0.2, 0) is 19.4 Å². The van der Waals surface area contributed by atoms with Crippen molar-refractivity contribution in [2.75, 3.05) is 30.0 Å². The second-order valence-electron chi connectivity index (χ2n) is 5.71. The fourth-order valence-electron chi connectivity index (χ4n) is 2.74. The second-order valence-corrected chi connectivity index (χ2v) is 7.94. The van der Waals surface area contributed by atoms with E-state index in [1.165, 1.54) is 4.90 Å². The molecule has 23 heavy (non-hydrogen) atoms. The molecule has 1 aliphatic rings. The van der Waals surface area contributed by atoms with E-state index in [1.807, 2.05) is 37.3 Å². The fourth-order valence-corrected chi connectivity index (χ4v) is 4.52. The van der Waals surface area contributed by atoms with Gasteiger partial charge in [0, 0.05) is 25.3 Å². The number of amides is 2. The summed E-state index contributed by atoms with van der Waals surface area (Å²) < 4.78 is 23.0. The van der Waals surface area contributed by atoms with E-state index >= 15 is 0 Å². The fraction of sp³-hybridized carbons (Fsp3) is 0.500. The molecule has 1 aliphatic heterocycles. The third-order valence-electron chi connectivity index (χ3n) is 4.14. The number of benzene rings is 1. The Morgan fingerprint density at radius 1 is 1.17 bits per heavy atom. The summed E-state index contributed by atoms with van der Waals surface area (Å²) in [6, 6.07) is 8.84. The van der Waals surface area contributed by atoms with E-state index in [1.54, 1.807) is 11.9 Å². The van der Waals surface area contributed by atoms with Gasteiger partial charge in [-0.3, -0.25) is 9.59 Å². The molecule has 0 aromatic heterocycles. The molecule has 7 heteroatoms. The van der Waals surface area contributed by atoms with Gasteiger partial charge in [0.25, 0.3) is 0 Å². The molecule has 1 saturated heterocycles. The highest BCUT2D eigenvalue weighted by Crippen LogP contribution is 2.18. The zero-order valence-corrected chi connectivity index (χ0v) is 14.3. The summed E-state index contributed by atoms with van der Waals surface area (Å²) in [4.78, 5) is 27.6. The summed E-state index contributed by atoms with van der Waals surface area (Å²) in [6.45, 7) is 2.32. The van der Waals surface area contributed by atoms with Crippen LogP contribution in [0.2, 0.25) is 0 Å². The van der Waals surface area contributed by atoms with Crippen molar-refractivity contribution in [2.45, 2.75) is 25.8 Å². The molecule has 2 rings (SSSR count). The summed E-state index contributed by atoms with van der Waals surface area (Å²) in [5.41, 5.74) is 0.749. The molecule has 1 aromatic rings. The van der Waals surface area contributed by atoms with Crippen molar-refractivity contribution in [3.63, 3.8) is 0 Å². The predicted molar refractivity (Wildman–Crippen MR) is 88.9 cm³/mol. The first-order chi connectivity index (χ1) is 10.8. The number of sulfone groups is 1. The quantitative estimate of drug-likeness (QED) is 0.753. The summed E-state index contributed by atoms with van der Waals surface area (Å²) in [5.74, 6) is -0.531. The smallest absolute Gasteiger partial charge is 0.236 e. The Morgan fingerprint density at radius 2 is 1.83 bits per heavy atom. The Kier molecular flexibility index (Phi) is 5.41. The molecule has 0 radical (unpaired) electrons. The summed E-state index contributed by atoms with van der Waals surface area (Å²) in [5, 5.41) is 0. The number of carbonyl (C=O) groups excluding carboxylic acids is 2. The summed E-state index contributed by atoms with van der Waals surface area (Å²) in [7, 11) is -1.49. The zero-order chi connectivity index (χ0) is 17.0. The molecule has 0 aliphatic carbocycles. The molecule has 0 saturated carbocycles. The van der Waals surface area contributed by atoms with E-state index in [9.17, 15) is 18.0 Å². The van der Waals surface area contributed by atoms with Crippen LogP contribution in [0, 0.1) is 0 Å². The number of nitrogens with zero attached hydrogens (tertiary/aromatic N) is 2. The minimum atomic E-state index is -3.06. The van der Waals surface area contributed by atoms with Crippen LogP contribution in [0.1, 0.15) is 19.8 Å². The van der Waals surface area contributed by atoms with Crippen molar-refractivity contribution in [1.29, 1.82) is 0 Å². The molecule has 1 aromatic carbocycles. The van der Waals surface area contributed by atoms with E-state index in [-0.39, 0.29) is 35.8 Å². The number of hydrogen-bond acceptors (Lipinski definition) is 4. The standard InChI is InChI=1S/C16H22N2O4S/c1-3-18(13-7-5-4-6-8-13)16(20)11-15(19)17(2)14-9-10-23(21,22)12-14/h4-8,14H,3,9-12H2,1-2H3. The highest BCUT2D eigenvalue weighted by atomic mass is 32.2. The molecule has 1 heterocycles. The van der Waals surface area contributed by atoms with E-state index in [4.69, 9.17) is 0 Å². The summed E-state index contributed by atoms with van der Waals surface area (Å²) >= 11 is 0. The van der Waals surface area contributed by atoms with Crippen molar-refractivity contribution >= 4 is 27.3 Å². The van der Waals surface area contributed by atoms with E-state index in [0.717, 1.165) is 5.69 Å². The lowest BCUT2D eigenvalue weighted by molar-refractivity contribution is -0.135. The largest absolute Gasteiger partial charge is 0.341 e. The molecule has 0 spiro atoms. The summed E-state index contributed by atoms with van der Waals surface area (Å²) in [6.07, 6.45) is 0.185. The number of hydrogen-bond donors (Lipinski definition) is 0. The van der Waals surface area contributed by atoms with E-state index < -0.39 is 9.84 Å². The first-order valence-electron chi connectivity index (χ1n) is 7.65. The monoisotopic (exact) mass is 338 g/mol. The van der Waals surface area contributed by atoms with Crippen molar-refractivity contribution in [1.82, 2.24) is 4.90 Å². The highest BCUT2D eigenvalue weighted by Gasteiger charge is 2.33. The van der Waals surface area contributed by atoms with Crippen LogP contribution in [0.25, 0.3) is 0 Å². The lowest BCUT2D eigenvalue weighted by Crippen LogP contribution is -2.41. The maximum atomic E-state index is 12.4. The van der Waals surface area contributed by atoms with Gasteiger partial charge < -0.3 is 9.80 Å². The number of rotatable bonds is 5. The molecule has 1 unspecified atom stereocenters.